The first-order chi connectivity index (χ1) is 15.7. The molecule has 0 radical (unpaired) electrons. The van der Waals surface area contributed by atoms with Crippen molar-refractivity contribution < 1.29 is 17.9 Å². The molecule has 3 aromatic carbocycles. The summed E-state index contributed by atoms with van der Waals surface area (Å²) in [7, 11) is -2.23. The molecule has 170 valence electrons. The Morgan fingerprint density at radius 1 is 0.909 bits per heavy atom. The highest BCUT2D eigenvalue weighted by Crippen LogP contribution is 2.20. The standard InChI is InChI=1S/C24H23N3O4S2/c1-17-3-5-18(6-4-17)7-16-23(28)26-24(32)25-19-10-14-22(15-11-19)33(29,30)27-20-8-12-21(31-2)13-9-20/h3-16,27H,1-2H3,(H2,25,26,28,32). The summed E-state index contributed by atoms with van der Waals surface area (Å²) < 4.78 is 32.8. The number of methoxy groups -OCH3 is 1. The third-order valence-electron chi connectivity index (χ3n) is 4.51. The van der Waals surface area contributed by atoms with Gasteiger partial charge in [-0.25, -0.2) is 8.42 Å². The molecule has 9 heteroatoms. The number of anilines is 2. The molecule has 0 bridgehead atoms. The van der Waals surface area contributed by atoms with E-state index in [-0.39, 0.29) is 15.9 Å². The Labute approximate surface area is 198 Å². The van der Waals surface area contributed by atoms with Crippen LogP contribution < -0.4 is 20.1 Å². The van der Waals surface area contributed by atoms with Crippen LogP contribution in [0.5, 0.6) is 5.75 Å². The number of aryl methyl sites for hydroxylation is 1. The van der Waals surface area contributed by atoms with Gasteiger partial charge in [-0.15, -0.1) is 0 Å². The van der Waals surface area contributed by atoms with E-state index >= 15 is 0 Å². The largest absolute Gasteiger partial charge is 0.497 e. The number of sulfonamides is 1. The van der Waals surface area contributed by atoms with E-state index in [0.29, 0.717) is 17.1 Å². The maximum atomic E-state index is 12.6. The lowest BCUT2D eigenvalue weighted by molar-refractivity contribution is -0.115. The Morgan fingerprint density at radius 2 is 1.52 bits per heavy atom. The summed E-state index contributed by atoms with van der Waals surface area (Å²) in [5, 5.41) is 5.50. The predicted molar refractivity (Wildman–Crippen MR) is 135 cm³/mol. The van der Waals surface area contributed by atoms with Gasteiger partial charge in [0.25, 0.3) is 10.0 Å². The maximum Gasteiger partial charge on any atom is 0.261 e. The second-order valence-electron chi connectivity index (χ2n) is 7.05. The van der Waals surface area contributed by atoms with Gasteiger partial charge in [0.2, 0.25) is 5.91 Å². The number of hydrogen-bond donors (Lipinski definition) is 3. The minimum Gasteiger partial charge on any atom is -0.497 e. The first kappa shape index (κ1) is 24.0. The van der Waals surface area contributed by atoms with Crippen molar-refractivity contribution in [1.82, 2.24) is 5.32 Å². The van der Waals surface area contributed by atoms with Crippen molar-refractivity contribution in [2.75, 3.05) is 17.1 Å². The Kier molecular flexibility index (Phi) is 7.81. The molecule has 33 heavy (non-hydrogen) atoms. The van der Waals surface area contributed by atoms with E-state index in [9.17, 15) is 13.2 Å². The van der Waals surface area contributed by atoms with Crippen LogP contribution in [0.15, 0.2) is 83.8 Å². The normalized spacial score (nSPS) is 11.1. The highest BCUT2D eigenvalue weighted by Gasteiger charge is 2.14. The molecule has 0 spiro atoms. The third-order valence-corrected chi connectivity index (χ3v) is 6.11. The molecular formula is C24H23N3O4S2. The zero-order chi connectivity index (χ0) is 23.8. The molecule has 0 aliphatic rings. The number of nitrogens with one attached hydrogen (secondary N) is 3. The molecule has 7 nitrogen and oxygen atoms in total. The molecule has 0 aromatic heterocycles. The highest BCUT2D eigenvalue weighted by molar-refractivity contribution is 7.92. The minimum absolute atomic E-state index is 0.0832. The minimum atomic E-state index is -3.76. The van der Waals surface area contributed by atoms with E-state index in [1.807, 2.05) is 31.2 Å². The molecule has 1 amide bonds. The van der Waals surface area contributed by atoms with Crippen LogP contribution in [0.25, 0.3) is 6.08 Å². The van der Waals surface area contributed by atoms with E-state index in [4.69, 9.17) is 17.0 Å². The number of benzene rings is 3. The number of ether oxygens (including phenoxy) is 1. The number of hydrogen-bond acceptors (Lipinski definition) is 5. The van der Waals surface area contributed by atoms with Crippen LogP contribution in [0.4, 0.5) is 11.4 Å². The van der Waals surface area contributed by atoms with E-state index in [0.717, 1.165) is 11.1 Å². The number of rotatable bonds is 7. The van der Waals surface area contributed by atoms with Crippen molar-refractivity contribution in [3.63, 3.8) is 0 Å². The fraction of sp³-hybridized carbons (Fsp3) is 0.0833. The quantitative estimate of drug-likeness (QED) is 0.343. The van der Waals surface area contributed by atoms with E-state index in [1.165, 1.54) is 25.3 Å². The molecule has 0 saturated carbocycles. The van der Waals surface area contributed by atoms with Crippen LogP contribution in [0.2, 0.25) is 0 Å². The summed E-state index contributed by atoms with van der Waals surface area (Å²) in [6.07, 6.45) is 3.08. The summed E-state index contributed by atoms with van der Waals surface area (Å²) in [5.74, 6) is 0.248. The van der Waals surface area contributed by atoms with Gasteiger partial charge in [0.1, 0.15) is 5.75 Å². The zero-order valence-corrected chi connectivity index (χ0v) is 19.7. The van der Waals surface area contributed by atoms with Gasteiger partial charge in [-0.1, -0.05) is 29.8 Å². The van der Waals surface area contributed by atoms with E-state index in [1.54, 1.807) is 42.5 Å². The van der Waals surface area contributed by atoms with Gasteiger partial charge in [-0.3, -0.25) is 14.8 Å². The van der Waals surface area contributed by atoms with Gasteiger partial charge in [-0.05, 0) is 79.3 Å². The summed E-state index contributed by atoms with van der Waals surface area (Å²) in [6.45, 7) is 1.99. The van der Waals surface area contributed by atoms with Gasteiger partial charge in [0.15, 0.2) is 5.11 Å². The summed E-state index contributed by atoms with van der Waals surface area (Å²) >= 11 is 5.16. The van der Waals surface area contributed by atoms with Crippen molar-refractivity contribution in [2.24, 2.45) is 0 Å². The first-order valence-electron chi connectivity index (χ1n) is 9.89. The maximum absolute atomic E-state index is 12.6. The summed E-state index contributed by atoms with van der Waals surface area (Å²) in [6, 6.07) is 20.3. The van der Waals surface area contributed by atoms with E-state index < -0.39 is 10.0 Å². The first-order valence-corrected chi connectivity index (χ1v) is 11.8. The van der Waals surface area contributed by atoms with Crippen molar-refractivity contribution >= 4 is 50.7 Å². The predicted octanol–water partition coefficient (Wildman–Crippen LogP) is 4.33. The smallest absolute Gasteiger partial charge is 0.261 e. The molecule has 3 rings (SSSR count). The second-order valence-corrected chi connectivity index (χ2v) is 9.14. The Bertz CT molecular complexity index is 1250. The van der Waals surface area contributed by atoms with Gasteiger partial charge in [-0.2, -0.15) is 0 Å². The number of carbonyl (C=O) groups excluding carboxylic acids is 1. The van der Waals surface area contributed by atoms with Gasteiger partial charge in [0, 0.05) is 17.5 Å². The Morgan fingerprint density at radius 3 is 2.12 bits per heavy atom. The fourth-order valence-electron chi connectivity index (χ4n) is 2.76. The van der Waals surface area contributed by atoms with Crippen molar-refractivity contribution in [3.05, 3.63) is 90.0 Å². The number of thiocarbonyl (C=S) groups is 1. The molecule has 0 heterocycles. The molecule has 0 aliphatic carbocycles. The van der Waals surface area contributed by atoms with Crippen molar-refractivity contribution in [2.45, 2.75) is 11.8 Å². The molecule has 3 N–H and O–H groups in total. The number of carbonyl (C=O) groups is 1. The van der Waals surface area contributed by atoms with Crippen molar-refractivity contribution in [1.29, 1.82) is 0 Å². The van der Waals surface area contributed by atoms with E-state index in [2.05, 4.69) is 15.4 Å². The fourth-order valence-corrected chi connectivity index (χ4v) is 4.03. The Balaban J connectivity index is 1.56. The Hall–Kier alpha value is -3.69. The summed E-state index contributed by atoms with van der Waals surface area (Å²) in [4.78, 5) is 12.1. The molecule has 0 atom stereocenters. The van der Waals surface area contributed by atoms with Crippen LogP contribution in [0.1, 0.15) is 11.1 Å². The summed E-state index contributed by atoms with van der Waals surface area (Å²) in [5.41, 5.74) is 2.98. The van der Waals surface area contributed by atoms with Gasteiger partial charge >= 0.3 is 0 Å². The lowest BCUT2D eigenvalue weighted by atomic mass is 10.1. The molecule has 0 saturated heterocycles. The molecule has 0 unspecified atom stereocenters. The molecular weight excluding hydrogens is 458 g/mol. The van der Waals surface area contributed by atoms with Gasteiger partial charge < -0.3 is 10.1 Å². The van der Waals surface area contributed by atoms with Crippen LogP contribution in [0, 0.1) is 6.92 Å². The van der Waals surface area contributed by atoms with Crippen LogP contribution in [0.3, 0.4) is 0 Å². The SMILES string of the molecule is COc1ccc(NS(=O)(=O)c2ccc(NC(=S)NC(=O)C=Cc3ccc(C)cc3)cc2)cc1. The topological polar surface area (TPSA) is 96.5 Å². The van der Waals surface area contributed by atoms with Crippen LogP contribution >= 0.6 is 12.2 Å². The second kappa shape index (κ2) is 10.8. The molecule has 0 aliphatic heterocycles. The lowest BCUT2D eigenvalue weighted by Gasteiger charge is -2.11. The zero-order valence-electron chi connectivity index (χ0n) is 18.0. The third kappa shape index (κ3) is 7.16. The number of amides is 1. The van der Waals surface area contributed by atoms with Crippen LogP contribution in [-0.4, -0.2) is 26.5 Å². The van der Waals surface area contributed by atoms with Gasteiger partial charge in [0.05, 0.1) is 12.0 Å². The molecule has 3 aromatic rings. The van der Waals surface area contributed by atoms with Crippen LogP contribution in [-0.2, 0) is 14.8 Å². The highest BCUT2D eigenvalue weighted by atomic mass is 32.2. The van der Waals surface area contributed by atoms with Crippen molar-refractivity contribution in [3.8, 4) is 5.75 Å². The average Bonchev–Trinajstić information content (AvgIpc) is 2.79. The average molecular weight is 482 g/mol. The lowest BCUT2D eigenvalue weighted by Crippen LogP contribution is -2.32. The molecule has 0 fully saturated rings. The monoisotopic (exact) mass is 481 g/mol.